The van der Waals surface area contributed by atoms with Gasteiger partial charge < -0.3 is 23.5 Å². The van der Waals surface area contributed by atoms with E-state index in [1.54, 1.807) is 7.11 Å². The van der Waals surface area contributed by atoms with Gasteiger partial charge in [-0.25, -0.2) is 0 Å². The molecule has 0 aliphatic carbocycles. The van der Waals surface area contributed by atoms with Crippen LogP contribution in [0.1, 0.15) is 53.2 Å². The summed E-state index contributed by atoms with van der Waals surface area (Å²) in [6, 6.07) is 8.07. The van der Waals surface area contributed by atoms with Crippen molar-refractivity contribution in [1.82, 2.24) is 0 Å². The molecule has 0 saturated carbocycles. The summed E-state index contributed by atoms with van der Waals surface area (Å²) in [5, 5.41) is 0. The van der Waals surface area contributed by atoms with Gasteiger partial charge in [-0.3, -0.25) is 0 Å². The van der Waals surface area contributed by atoms with Gasteiger partial charge in [0, 0.05) is 7.11 Å². The van der Waals surface area contributed by atoms with E-state index in [0.717, 1.165) is 11.0 Å². The molecule has 138 valence electrons. The molecule has 2 fully saturated rings. The van der Waals surface area contributed by atoms with Gasteiger partial charge in [-0.15, -0.1) is 0 Å². The molecule has 1 aromatic carbocycles. The van der Waals surface area contributed by atoms with Crippen LogP contribution in [0.15, 0.2) is 24.3 Å². The first-order chi connectivity index (χ1) is 11.6. The lowest BCUT2D eigenvalue weighted by Gasteiger charge is -2.32. The molecule has 5 nitrogen and oxygen atoms in total. The number of ether oxygens (including phenoxy) is 3. The Hall–Kier alpha value is -0.915. The first-order valence-corrected chi connectivity index (χ1v) is 8.85. The fraction of sp³-hybridized carbons (Fsp3) is 0.684. The molecule has 6 heteroatoms. The molecular weight excluding hydrogens is 319 g/mol. The standard InChI is InChI=1S/C19H29BO5/c1-17(2)18(3,4)25-20(24-17)14-11-9-8-10-13(14)16(21-7)15-12-22-19(5,6)23-15/h8-11,15-16H,12H2,1-7H3. The van der Waals surface area contributed by atoms with Crippen molar-refractivity contribution in [2.75, 3.05) is 13.7 Å². The third kappa shape index (κ3) is 3.51. The van der Waals surface area contributed by atoms with Crippen LogP contribution < -0.4 is 5.46 Å². The van der Waals surface area contributed by atoms with Gasteiger partial charge in [-0.05, 0) is 52.6 Å². The summed E-state index contributed by atoms with van der Waals surface area (Å²) < 4.78 is 30.0. The third-order valence-electron chi connectivity index (χ3n) is 5.43. The molecule has 0 amide bonds. The predicted molar refractivity (Wildman–Crippen MR) is 96.8 cm³/mol. The van der Waals surface area contributed by atoms with Gasteiger partial charge in [-0.1, -0.05) is 24.3 Å². The lowest BCUT2D eigenvalue weighted by molar-refractivity contribution is -0.154. The maximum atomic E-state index is 6.24. The van der Waals surface area contributed by atoms with E-state index >= 15 is 0 Å². The summed E-state index contributed by atoms with van der Waals surface area (Å²) in [4.78, 5) is 0. The van der Waals surface area contributed by atoms with Gasteiger partial charge in [0.05, 0.1) is 17.8 Å². The van der Waals surface area contributed by atoms with Crippen LogP contribution >= 0.6 is 0 Å². The Labute approximate surface area is 151 Å². The van der Waals surface area contributed by atoms with Crippen LogP contribution in [0.25, 0.3) is 0 Å². The molecule has 0 bridgehead atoms. The molecule has 2 heterocycles. The largest absolute Gasteiger partial charge is 0.495 e. The lowest BCUT2D eigenvalue weighted by atomic mass is 9.74. The van der Waals surface area contributed by atoms with Crippen LogP contribution in [0, 0.1) is 0 Å². The topological polar surface area (TPSA) is 46.2 Å². The number of rotatable bonds is 4. The Morgan fingerprint density at radius 3 is 2.16 bits per heavy atom. The summed E-state index contributed by atoms with van der Waals surface area (Å²) in [6.07, 6.45) is -0.430. The minimum Gasteiger partial charge on any atom is -0.399 e. The van der Waals surface area contributed by atoms with E-state index in [2.05, 4.69) is 27.7 Å². The minimum absolute atomic E-state index is 0.177. The van der Waals surface area contributed by atoms with Crippen LogP contribution in [-0.4, -0.2) is 43.9 Å². The molecule has 0 N–H and O–H groups in total. The summed E-state index contributed by atoms with van der Waals surface area (Å²) in [5.41, 5.74) is 1.21. The molecule has 2 atom stereocenters. The Bertz CT molecular complexity index is 612. The summed E-state index contributed by atoms with van der Waals surface area (Å²) in [6.45, 7) is 12.5. The number of hydrogen-bond donors (Lipinski definition) is 0. The van der Waals surface area contributed by atoms with E-state index in [1.165, 1.54) is 0 Å². The van der Waals surface area contributed by atoms with Gasteiger partial charge in [0.15, 0.2) is 5.79 Å². The smallest absolute Gasteiger partial charge is 0.399 e. The van der Waals surface area contributed by atoms with Crippen molar-refractivity contribution in [3.8, 4) is 0 Å². The van der Waals surface area contributed by atoms with Gasteiger partial charge in [0.2, 0.25) is 0 Å². The Kier molecular flexibility index (Phi) is 4.80. The quantitative estimate of drug-likeness (QED) is 0.783. The Balaban J connectivity index is 1.91. The minimum atomic E-state index is -0.596. The van der Waals surface area contributed by atoms with Crippen LogP contribution in [-0.2, 0) is 23.5 Å². The van der Waals surface area contributed by atoms with Crippen molar-refractivity contribution >= 4 is 12.6 Å². The summed E-state index contributed by atoms with van der Waals surface area (Å²) in [5.74, 6) is -0.596. The monoisotopic (exact) mass is 348 g/mol. The molecule has 1 aromatic rings. The van der Waals surface area contributed by atoms with E-state index in [4.69, 9.17) is 23.5 Å². The maximum absolute atomic E-state index is 6.24. The highest BCUT2D eigenvalue weighted by Crippen LogP contribution is 2.38. The van der Waals surface area contributed by atoms with Gasteiger partial charge in [0.25, 0.3) is 0 Å². The van der Waals surface area contributed by atoms with E-state index in [-0.39, 0.29) is 23.4 Å². The fourth-order valence-corrected chi connectivity index (χ4v) is 3.30. The van der Waals surface area contributed by atoms with E-state index < -0.39 is 12.9 Å². The van der Waals surface area contributed by atoms with Crippen LogP contribution in [0.4, 0.5) is 0 Å². The number of hydrogen-bond acceptors (Lipinski definition) is 5. The van der Waals surface area contributed by atoms with Crippen molar-refractivity contribution < 1.29 is 23.5 Å². The highest BCUT2D eigenvalue weighted by atomic mass is 16.7. The fourth-order valence-electron chi connectivity index (χ4n) is 3.30. The van der Waals surface area contributed by atoms with E-state index in [9.17, 15) is 0 Å². The van der Waals surface area contributed by atoms with Crippen molar-refractivity contribution in [3.63, 3.8) is 0 Å². The lowest BCUT2D eigenvalue weighted by Crippen LogP contribution is -2.41. The molecular formula is C19H29BO5. The SMILES string of the molecule is COC(c1ccccc1B1OC(C)(C)C(C)(C)O1)C1COC(C)(C)O1. The molecule has 2 aliphatic rings. The Morgan fingerprint density at radius 2 is 1.64 bits per heavy atom. The van der Waals surface area contributed by atoms with Gasteiger partial charge in [-0.2, -0.15) is 0 Å². The van der Waals surface area contributed by atoms with Gasteiger partial charge >= 0.3 is 7.12 Å². The van der Waals surface area contributed by atoms with Crippen molar-refractivity contribution in [1.29, 1.82) is 0 Å². The molecule has 25 heavy (non-hydrogen) atoms. The second-order valence-electron chi connectivity index (χ2n) is 8.24. The second kappa shape index (κ2) is 6.36. The van der Waals surface area contributed by atoms with E-state index in [0.29, 0.717) is 6.61 Å². The van der Waals surface area contributed by atoms with Gasteiger partial charge in [0.1, 0.15) is 12.2 Å². The highest BCUT2D eigenvalue weighted by Gasteiger charge is 2.52. The van der Waals surface area contributed by atoms with E-state index in [1.807, 2.05) is 38.1 Å². The number of methoxy groups -OCH3 is 1. The normalized spacial score (nSPS) is 28.3. The summed E-state index contributed by atoms with van der Waals surface area (Å²) in [7, 11) is 1.26. The molecule has 0 radical (unpaired) electrons. The second-order valence-corrected chi connectivity index (χ2v) is 8.24. The molecule has 2 aliphatic heterocycles. The first-order valence-electron chi connectivity index (χ1n) is 8.85. The number of benzene rings is 1. The first kappa shape index (κ1) is 18.9. The van der Waals surface area contributed by atoms with Crippen molar-refractivity contribution in [3.05, 3.63) is 29.8 Å². The third-order valence-corrected chi connectivity index (χ3v) is 5.43. The molecule has 2 unspecified atom stereocenters. The summed E-state index contributed by atoms with van der Waals surface area (Å²) >= 11 is 0. The van der Waals surface area contributed by atoms with Crippen molar-refractivity contribution in [2.45, 2.75) is 70.7 Å². The average molecular weight is 348 g/mol. The molecule has 3 rings (SSSR count). The van der Waals surface area contributed by atoms with Crippen molar-refractivity contribution in [2.24, 2.45) is 0 Å². The zero-order valence-corrected chi connectivity index (χ0v) is 16.3. The molecule has 0 spiro atoms. The Morgan fingerprint density at radius 1 is 1.04 bits per heavy atom. The zero-order chi connectivity index (χ0) is 18.5. The molecule has 0 aromatic heterocycles. The predicted octanol–water partition coefficient (Wildman–Crippen LogP) is 2.82. The maximum Gasteiger partial charge on any atom is 0.495 e. The van der Waals surface area contributed by atoms with Crippen LogP contribution in [0.3, 0.4) is 0 Å². The zero-order valence-electron chi connectivity index (χ0n) is 16.3. The van der Waals surface area contributed by atoms with Crippen LogP contribution in [0.5, 0.6) is 0 Å². The average Bonchev–Trinajstić information content (AvgIpc) is 2.97. The highest BCUT2D eigenvalue weighted by molar-refractivity contribution is 6.62. The van der Waals surface area contributed by atoms with Crippen LogP contribution in [0.2, 0.25) is 0 Å². The molecule has 2 saturated heterocycles.